The van der Waals surface area contributed by atoms with Crippen LogP contribution in [-0.2, 0) is 22.4 Å². The number of thioether (sulfide) groups is 1. The van der Waals surface area contributed by atoms with Gasteiger partial charge >= 0.3 is 0 Å². The Morgan fingerprint density at radius 1 is 1.06 bits per heavy atom. The molecule has 0 bridgehead atoms. The molecule has 2 N–H and O–H groups in total. The molecule has 1 atom stereocenters. The van der Waals surface area contributed by atoms with E-state index in [-0.39, 0.29) is 22.3 Å². The zero-order valence-electron chi connectivity index (χ0n) is 17.3. The van der Waals surface area contributed by atoms with Crippen molar-refractivity contribution in [1.29, 1.82) is 0 Å². The lowest BCUT2D eigenvalue weighted by Gasteiger charge is -2.08. The number of amides is 3. The zero-order valence-corrected chi connectivity index (χ0v) is 18.2. The van der Waals surface area contributed by atoms with Gasteiger partial charge in [-0.3, -0.25) is 19.7 Å². The molecule has 3 amide bonds. The molecule has 0 spiro atoms. The quantitative estimate of drug-likeness (QED) is 0.583. The van der Waals surface area contributed by atoms with Gasteiger partial charge in [-0.2, -0.15) is 0 Å². The molecule has 1 aliphatic rings. The maximum absolute atomic E-state index is 12.1. The summed E-state index contributed by atoms with van der Waals surface area (Å²) in [6.45, 7) is 0.504. The van der Waals surface area contributed by atoms with Gasteiger partial charge in [-0.05, 0) is 47.7 Å². The highest BCUT2D eigenvalue weighted by Gasteiger charge is 2.31. The van der Waals surface area contributed by atoms with Gasteiger partial charge < -0.3 is 14.8 Å². The summed E-state index contributed by atoms with van der Waals surface area (Å²) in [6.07, 6.45) is 4.40. The fourth-order valence-corrected chi connectivity index (χ4v) is 3.96. The molecule has 1 fully saturated rings. The Bertz CT molecular complexity index is 988. The van der Waals surface area contributed by atoms with Crippen molar-refractivity contribution in [2.75, 3.05) is 20.8 Å². The molecule has 162 valence electrons. The van der Waals surface area contributed by atoms with E-state index < -0.39 is 0 Å². The summed E-state index contributed by atoms with van der Waals surface area (Å²) in [4.78, 5) is 35.0. The van der Waals surface area contributed by atoms with Crippen LogP contribution in [0.5, 0.6) is 11.5 Å². The summed E-state index contributed by atoms with van der Waals surface area (Å²) in [6, 6.07) is 13.3. The van der Waals surface area contributed by atoms with Crippen molar-refractivity contribution >= 4 is 34.9 Å². The third kappa shape index (κ3) is 6.36. The maximum Gasteiger partial charge on any atom is 0.286 e. The molecule has 0 aromatic heterocycles. The molecule has 0 unspecified atom stereocenters. The Morgan fingerprint density at radius 3 is 2.42 bits per heavy atom. The lowest BCUT2D eigenvalue weighted by Crippen LogP contribution is -2.25. The van der Waals surface area contributed by atoms with E-state index in [0.717, 1.165) is 28.5 Å². The highest BCUT2D eigenvalue weighted by Crippen LogP contribution is 2.28. The van der Waals surface area contributed by atoms with Crippen LogP contribution in [0.25, 0.3) is 6.08 Å². The predicted octanol–water partition coefficient (Wildman–Crippen LogP) is 2.97. The van der Waals surface area contributed by atoms with Gasteiger partial charge in [0.05, 0.1) is 19.5 Å². The second kappa shape index (κ2) is 10.7. The summed E-state index contributed by atoms with van der Waals surface area (Å²) < 4.78 is 10.5. The number of hydrogen-bond acceptors (Lipinski definition) is 6. The normalized spacial score (nSPS) is 15.7. The second-order valence-corrected chi connectivity index (χ2v) is 8.07. The van der Waals surface area contributed by atoms with Gasteiger partial charge in [0.15, 0.2) is 11.5 Å². The van der Waals surface area contributed by atoms with Crippen molar-refractivity contribution in [2.45, 2.75) is 18.1 Å². The van der Waals surface area contributed by atoms with Crippen molar-refractivity contribution in [3.63, 3.8) is 0 Å². The molecule has 2 aromatic carbocycles. The highest BCUT2D eigenvalue weighted by molar-refractivity contribution is 8.15. The average molecular weight is 441 g/mol. The molecule has 1 aliphatic heterocycles. The maximum atomic E-state index is 12.1. The molecule has 1 heterocycles. The van der Waals surface area contributed by atoms with Gasteiger partial charge in [0, 0.05) is 12.6 Å². The van der Waals surface area contributed by atoms with Crippen LogP contribution in [-0.4, -0.2) is 43.1 Å². The van der Waals surface area contributed by atoms with Crippen molar-refractivity contribution in [2.24, 2.45) is 0 Å². The van der Waals surface area contributed by atoms with Crippen LogP contribution in [0.1, 0.15) is 16.7 Å². The molecule has 7 nitrogen and oxygen atoms in total. The summed E-state index contributed by atoms with van der Waals surface area (Å²) in [5, 5.41) is 4.50. The number of imide groups is 1. The van der Waals surface area contributed by atoms with Crippen molar-refractivity contribution in [3.05, 3.63) is 65.2 Å². The van der Waals surface area contributed by atoms with Crippen molar-refractivity contribution < 1.29 is 23.9 Å². The molecule has 1 saturated heterocycles. The molecule has 0 saturated carbocycles. The lowest BCUT2D eigenvalue weighted by atomic mass is 10.1. The summed E-state index contributed by atoms with van der Waals surface area (Å²) in [7, 11) is 3.14. The van der Waals surface area contributed by atoms with Crippen LogP contribution < -0.4 is 20.1 Å². The molecule has 0 radical (unpaired) electrons. The Labute approximate surface area is 185 Å². The van der Waals surface area contributed by atoms with Crippen molar-refractivity contribution in [3.8, 4) is 11.5 Å². The topological polar surface area (TPSA) is 93.7 Å². The Hall–Kier alpha value is -3.26. The van der Waals surface area contributed by atoms with E-state index in [1.54, 1.807) is 32.4 Å². The Kier molecular flexibility index (Phi) is 7.72. The van der Waals surface area contributed by atoms with Crippen LogP contribution in [0.15, 0.2) is 48.5 Å². The van der Waals surface area contributed by atoms with Gasteiger partial charge in [-0.1, -0.05) is 42.1 Å². The minimum absolute atomic E-state index is 0.180. The Balaban J connectivity index is 1.44. The second-order valence-electron chi connectivity index (χ2n) is 6.89. The van der Waals surface area contributed by atoms with E-state index in [1.807, 2.05) is 30.3 Å². The molecule has 2 aromatic rings. The summed E-state index contributed by atoms with van der Waals surface area (Å²) in [5.74, 6) is 0.824. The average Bonchev–Trinajstić information content (AvgIpc) is 3.09. The van der Waals surface area contributed by atoms with Crippen LogP contribution in [0.4, 0.5) is 4.79 Å². The summed E-state index contributed by atoms with van der Waals surface area (Å²) >= 11 is 1.03. The Morgan fingerprint density at radius 2 is 1.77 bits per heavy atom. The molecule has 3 rings (SSSR count). The number of benzene rings is 2. The molecule has 8 heteroatoms. The lowest BCUT2D eigenvalue weighted by molar-refractivity contribution is -0.119. The monoisotopic (exact) mass is 440 g/mol. The van der Waals surface area contributed by atoms with Crippen molar-refractivity contribution in [1.82, 2.24) is 10.6 Å². The third-order valence-corrected chi connectivity index (χ3v) is 5.74. The van der Waals surface area contributed by atoms with Gasteiger partial charge in [0.2, 0.25) is 11.8 Å². The van der Waals surface area contributed by atoms with Gasteiger partial charge in [0.1, 0.15) is 0 Å². The number of ether oxygens (including phenoxy) is 2. The molecular formula is C23H24N2O5S. The largest absolute Gasteiger partial charge is 0.493 e. The van der Waals surface area contributed by atoms with Crippen LogP contribution in [0.2, 0.25) is 0 Å². The zero-order chi connectivity index (χ0) is 22.2. The number of methoxy groups -OCH3 is 2. The fraction of sp³-hybridized carbons (Fsp3) is 0.261. The van der Waals surface area contributed by atoms with Gasteiger partial charge in [-0.25, -0.2) is 0 Å². The van der Waals surface area contributed by atoms with E-state index in [9.17, 15) is 14.4 Å². The van der Waals surface area contributed by atoms with E-state index >= 15 is 0 Å². The third-order valence-electron chi connectivity index (χ3n) is 4.76. The number of rotatable bonds is 9. The van der Waals surface area contributed by atoms with Gasteiger partial charge in [-0.15, -0.1) is 0 Å². The first-order valence-corrected chi connectivity index (χ1v) is 10.6. The minimum atomic E-state index is -0.366. The fourth-order valence-electron chi connectivity index (χ4n) is 3.10. The van der Waals surface area contributed by atoms with Crippen LogP contribution in [0.3, 0.4) is 0 Å². The SMILES string of the molecule is COc1ccc(C=CC(=O)NCCc2ccc(C[C@H]3SC(=O)NC3=O)cc2)cc1OC. The number of carbonyl (C=O) groups excluding carboxylic acids is 3. The van der Waals surface area contributed by atoms with E-state index in [2.05, 4.69) is 10.6 Å². The van der Waals surface area contributed by atoms with Gasteiger partial charge in [0.25, 0.3) is 5.24 Å². The van der Waals surface area contributed by atoms with Crippen LogP contribution >= 0.6 is 11.8 Å². The van der Waals surface area contributed by atoms with E-state index in [1.165, 1.54) is 6.08 Å². The standard InChI is InChI=1S/C23H24N2O5S/c1-29-18-9-7-16(13-19(18)30-2)8-10-21(26)24-12-11-15-3-5-17(6-4-15)14-20-22(27)25-23(28)31-20/h3-10,13,20H,11-12,14H2,1-2H3,(H,24,26)(H,25,27,28)/t20-/m1/s1. The smallest absolute Gasteiger partial charge is 0.286 e. The minimum Gasteiger partial charge on any atom is -0.493 e. The highest BCUT2D eigenvalue weighted by atomic mass is 32.2. The van der Waals surface area contributed by atoms with Crippen LogP contribution in [0, 0.1) is 0 Å². The molecular weight excluding hydrogens is 416 g/mol. The predicted molar refractivity (Wildman–Crippen MR) is 120 cm³/mol. The van der Waals surface area contributed by atoms with E-state index in [0.29, 0.717) is 30.9 Å². The molecule has 0 aliphatic carbocycles. The molecule has 31 heavy (non-hydrogen) atoms. The first-order valence-electron chi connectivity index (χ1n) is 9.75. The number of carbonyl (C=O) groups is 3. The first kappa shape index (κ1) is 22.4. The number of hydrogen-bond donors (Lipinski definition) is 2. The van der Waals surface area contributed by atoms with E-state index in [4.69, 9.17) is 9.47 Å². The summed E-state index contributed by atoms with van der Waals surface area (Å²) in [5.41, 5.74) is 2.90. The number of nitrogens with one attached hydrogen (secondary N) is 2. The first-order chi connectivity index (χ1) is 15.0.